The van der Waals surface area contributed by atoms with E-state index < -0.39 is 0 Å². The number of rotatable bonds is 7. The van der Waals surface area contributed by atoms with E-state index in [9.17, 15) is 0 Å². The van der Waals surface area contributed by atoms with Crippen LogP contribution in [-0.2, 0) is 12.2 Å². The summed E-state index contributed by atoms with van der Waals surface area (Å²) in [6, 6.07) is 8.95. The van der Waals surface area contributed by atoms with E-state index in [0.29, 0.717) is 11.9 Å². The summed E-state index contributed by atoms with van der Waals surface area (Å²) in [7, 11) is 1.97. The van der Waals surface area contributed by atoms with Crippen molar-refractivity contribution in [3.8, 4) is 0 Å². The molecule has 2 aromatic rings. The van der Waals surface area contributed by atoms with Crippen LogP contribution in [0, 0.1) is 0 Å². The molecule has 0 aliphatic heterocycles. The molecule has 0 spiro atoms. The van der Waals surface area contributed by atoms with Gasteiger partial charge in [0.25, 0.3) is 0 Å². The molecule has 0 radical (unpaired) electrons. The Morgan fingerprint density at radius 3 is 2.70 bits per heavy atom. The molecule has 20 heavy (non-hydrogen) atoms. The summed E-state index contributed by atoms with van der Waals surface area (Å²) in [5.74, 6) is 2.23. The summed E-state index contributed by atoms with van der Waals surface area (Å²) in [6.45, 7) is 4.26. The summed E-state index contributed by atoms with van der Waals surface area (Å²) < 4.78 is 5.23. The lowest BCUT2D eigenvalue weighted by molar-refractivity contribution is 0.384. The van der Waals surface area contributed by atoms with Gasteiger partial charge in [-0.1, -0.05) is 24.2 Å². The van der Waals surface area contributed by atoms with Crippen LogP contribution in [0.3, 0.4) is 0 Å². The quantitative estimate of drug-likeness (QED) is 0.790. The van der Waals surface area contributed by atoms with Gasteiger partial charge in [0.15, 0.2) is 5.82 Å². The Kier molecular flexibility index (Phi) is 5.61. The minimum atomic E-state index is 0.376. The summed E-state index contributed by atoms with van der Waals surface area (Å²) in [4.78, 5) is 5.58. The van der Waals surface area contributed by atoms with Gasteiger partial charge >= 0.3 is 0 Å². The normalized spacial score (nSPS) is 12.6. The van der Waals surface area contributed by atoms with E-state index in [1.807, 2.05) is 7.05 Å². The zero-order chi connectivity index (χ0) is 14.4. The van der Waals surface area contributed by atoms with E-state index in [1.54, 1.807) is 11.8 Å². The number of aromatic nitrogens is 2. The van der Waals surface area contributed by atoms with Gasteiger partial charge < -0.3 is 9.84 Å². The molecule has 2 rings (SSSR count). The Balaban J connectivity index is 1.89. The first-order chi connectivity index (χ1) is 9.72. The maximum Gasteiger partial charge on any atom is 0.237 e. The van der Waals surface area contributed by atoms with Gasteiger partial charge in [-0.25, -0.2) is 0 Å². The van der Waals surface area contributed by atoms with Crippen molar-refractivity contribution in [1.29, 1.82) is 0 Å². The molecular weight excluding hydrogens is 270 g/mol. The van der Waals surface area contributed by atoms with Crippen molar-refractivity contribution >= 4 is 11.8 Å². The van der Waals surface area contributed by atoms with Gasteiger partial charge in [-0.2, -0.15) is 4.98 Å². The van der Waals surface area contributed by atoms with Crippen molar-refractivity contribution < 1.29 is 4.52 Å². The fourth-order valence-corrected chi connectivity index (χ4v) is 2.57. The van der Waals surface area contributed by atoms with Gasteiger partial charge in [0.05, 0.1) is 5.75 Å². The zero-order valence-corrected chi connectivity index (χ0v) is 13.0. The molecule has 1 atom stereocenters. The number of benzene rings is 1. The van der Waals surface area contributed by atoms with Crippen LogP contribution >= 0.6 is 11.8 Å². The molecule has 1 unspecified atom stereocenters. The van der Waals surface area contributed by atoms with Crippen LogP contribution < -0.4 is 5.32 Å². The maximum absolute atomic E-state index is 5.23. The molecule has 4 nitrogen and oxygen atoms in total. The Hall–Kier alpha value is -1.33. The Morgan fingerprint density at radius 1 is 1.30 bits per heavy atom. The van der Waals surface area contributed by atoms with Gasteiger partial charge in [0.2, 0.25) is 5.89 Å². The molecule has 0 saturated carbocycles. The van der Waals surface area contributed by atoms with Crippen LogP contribution in [0.5, 0.6) is 0 Å². The topological polar surface area (TPSA) is 51.0 Å². The highest BCUT2D eigenvalue weighted by molar-refractivity contribution is 7.98. The van der Waals surface area contributed by atoms with Crippen LogP contribution in [0.2, 0.25) is 0 Å². The van der Waals surface area contributed by atoms with E-state index in [-0.39, 0.29) is 0 Å². The average molecular weight is 291 g/mol. The first kappa shape index (κ1) is 15.1. The summed E-state index contributed by atoms with van der Waals surface area (Å²) in [5.41, 5.74) is 1.29. The molecule has 1 N–H and O–H groups in total. The van der Waals surface area contributed by atoms with Crippen molar-refractivity contribution in [3.63, 3.8) is 0 Å². The molecule has 0 aliphatic carbocycles. The predicted octanol–water partition coefficient (Wildman–Crippen LogP) is 3.59. The van der Waals surface area contributed by atoms with Crippen LogP contribution in [0.1, 0.15) is 43.6 Å². The number of nitrogens with one attached hydrogen (secondary N) is 1. The smallest absolute Gasteiger partial charge is 0.237 e. The summed E-state index contributed by atoms with van der Waals surface area (Å²) in [5, 5.41) is 7.19. The molecule has 5 heteroatoms. The number of hydrogen-bond acceptors (Lipinski definition) is 5. The second kappa shape index (κ2) is 7.45. The van der Waals surface area contributed by atoms with Crippen LogP contribution in [0.15, 0.2) is 33.7 Å². The number of thioether (sulfide) groups is 1. The van der Waals surface area contributed by atoms with Crippen molar-refractivity contribution in [2.45, 2.75) is 43.4 Å². The van der Waals surface area contributed by atoms with E-state index >= 15 is 0 Å². The van der Waals surface area contributed by atoms with Crippen molar-refractivity contribution in [3.05, 3.63) is 41.5 Å². The molecule has 0 saturated heterocycles. The predicted molar refractivity (Wildman–Crippen MR) is 81.8 cm³/mol. The third kappa shape index (κ3) is 4.08. The monoisotopic (exact) mass is 291 g/mol. The lowest BCUT2D eigenvalue weighted by Crippen LogP contribution is -2.11. The zero-order valence-electron chi connectivity index (χ0n) is 12.2. The lowest BCUT2D eigenvalue weighted by atomic mass is 10.1. The Bertz CT molecular complexity index is 524. The molecule has 1 heterocycles. The summed E-state index contributed by atoms with van der Waals surface area (Å²) >= 11 is 1.72. The summed E-state index contributed by atoms with van der Waals surface area (Å²) in [6.07, 6.45) is 1.92. The molecule has 0 fully saturated rings. The lowest BCUT2D eigenvalue weighted by Gasteiger charge is -2.10. The Morgan fingerprint density at radius 2 is 2.05 bits per heavy atom. The largest absolute Gasteiger partial charge is 0.338 e. The minimum Gasteiger partial charge on any atom is -0.338 e. The first-order valence-electron chi connectivity index (χ1n) is 6.94. The number of hydrogen-bond donors (Lipinski definition) is 1. The molecule has 1 aromatic heterocycles. The van der Waals surface area contributed by atoms with Crippen molar-refractivity contribution in [2.24, 2.45) is 0 Å². The van der Waals surface area contributed by atoms with Gasteiger partial charge in [-0.05, 0) is 38.1 Å². The minimum absolute atomic E-state index is 0.376. The first-order valence-corrected chi connectivity index (χ1v) is 7.93. The molecule has 0 bridgehead atoms. The second-order valence-electron chi connectivity index (χ2n) is 4.72. The van der Waals surface area contributed by atoms with Crippen LogP contribution in [-0.4, -0.2) is 17.2 Å². The van der Waals surface area contributed by atoms with Crippen LogP contribution in [0.25, 0.3) is 0 Å². The number of nitrogens with zero attached hydrogens (tertiary/aromatic N) is 2. The van der Waals surface area contributed by atoms with Crippen molar-refractivity contribution in [2.75, 3.05) is 7.05 Å². The van der Waals surface area contributed by atoms with E-state index in [0.717, 1.165) is 24.4 Å². The van der Waals surface area contributed by atoms with E-state index in [4.69, 9.17) is 4.52 Å². The standard InChI is InChI=1S/C15H21N3OS/c1-4-5-14-17-15(19-18-14)10-20-13-8-6-12(7-9-13)11(2)16-3/h6-9,11,16H,4-5,10H2,1-3H3. The van der Waals surface area contributed by atoms with E-state index in [1.165, 1.54) is 10.5 Å². The maximum atomic E-state index is 5.23. The van der Waals surface area contributed by atoms with Gasteiger partial charge in [0.1, 0.15) is 0 Å². The third-order valence-corrected chi connectivity index (χ3v) is 4.16. The molecule has 1 aromatic carbocycles. The molecule has 0 aliphatic rings. The van der Waals surface area contributed by atoms with E-state index in [2.05, 4.69) is 53.6 Å². The van der Waals surface area contributed by atoms with Crippen LogP contribution in [0.4, 0.5) is 0 Å². The molecule has 108 valence electrons. The SMILES string of the molecule is CCCc1noc(CSc2ccc(C(C)NC)cc2)n1. The van der Waals surface area contributed by atoms with Gasteiger partial charge in [-0.3, -0.25) is 0 Å². The van der Waals surface area contributed by atoms with Gasteiger partial charge in [0, 0.05) is 17.4 Å². The molecule has 0 amide bonds. The van der Waals surface area contributed by atoms with Crippen molar-refractivity contribution in [1.82, 2.24) is 15.5 Å². The van der Waals surface area contributed by atoms with Gasteiger partial charge in [-0.15, -0.1) is 11.8 Å². The fourth-order valence-electron chi connectivity index (χ4n) is 1.84. The highest BCUT2D eigenvalue weighted by Gasteiger charge is 2.07. The Labute approximate surface area is 124 Å². The molecular formula is C15H21N3OS. The second-order valence-corrected chi connectivity index (χ2v) is 5.77. The number of aryl methyl sites for hydroxylation is 1. The average Bonchev–Trinajstić information content (AvgIpc) is 2.93. The highest BCUT2D eigenvalue weighted by Crippen LogP contribution is 2.24. The third-order valence-electron chi connectivity index (χ3n) is 3.16. The fraction of sp³-hybridized carbons (Fsp3) is 0.467. The highest BCUT2D eigenvalue weighted by atomic mass is 32.2.